The average Bonchev–Trinajstić information content (AvgIpc) is 2.75. The molecule has 80 valence electrons. The Morgan fingerprint density at radius 1 is 1.60 bits per heavy atom. The second kappa shape index (κ2) is 4.34. The van der Waals surface area contributed by atoms with Crippen molar-refractivity contribution in [1.82, 2.24) is 4.90 Å². The van der Waals surface area contributed by atoms with Crippen LogP contribution in [0, 0.1) is 16.7 Å². The van der Waals surface area contributed by atoms with Gasteiger partial charge in [0, 0.05) is 24.4 Å². The average molecular weight is 220 g/mol. The highest BCUT2D eigenvalue weighted by Crippen LogP contribution is 2.49. The monoisotopic (exact) mass is 220 g/mol. The summed E-state index contributed by atoms with van der Waals surface area (Å²) in [6.07, 6.45) is 3.19. The molecule has 2 rings (SSSR count). The summed E-state index contributed by atoms with van der Waals surface area (Å²) in [5, 5.41) is 10.9. The highest BCUT2D eigenvalue weighted by molar-refractivity contribution is 7.09. The quantitative estimate of drug-likeness (QED) is 0.763. The third kappa shape index (κ3) is 2.80. The van der Waals surface area contributed by atoms with E-state index in [0.717, 1.165) is 19.5 Å². The van der Waals surface area contributed by atoms with Gasteiger partial charge in [-0.2, -0.15) is 5.26 Å². The molecule has 2 nitrogen and oxygen atoms in total. The van der Waals surface area contributed by atoms with E-state index in [1.807, 2.05) is 0 Å². The molecule has 0 radical (unpaired) electrons. The molecule has 0 bridgehead atoms. The van der Waals surface area contributed by atoms with E-state index in [-0.39, 0.29) is 0 Å². The van der Waals surface area contributed by atoms with Crippen LogP contribution in [0.2, 0.25) is 0 Å². The van der Waals surface area contributed by atoms with Crippen LogP contribution < -0.4 is 0 Å². The molecule has 1 saturated carbocycles. The SMILES string of the molecule is CN(Cc1cccs1)CC1(CC#N)CC1. The summed E-state index contributed by atoms with van der Waals surface area (Å²) in [4.78, 5) is 3.75. The lowest BCUT2D eigenvalue weighted by atomic mass is 10.0. The van der Waals surface area contributed by atoms with Gasteiger partial charge in [0.25, 0.3) is 0 Å². The van der Waals surface area contributed by atoms with Gasteiger partial charge in [0.1, 0.15) is 0 Å². The molecule has 1 aliphatic carbocycles. The van der Waals surface area contributed by atoms with Gasteiger partial charge in [-0.1, -0.05) is 6.07 Å². The summed E-state index contributed by atoms with van der Waals surface area (Å²) in [5.74, 6) is 0. The van der Waals surface area contributed by atoms with Crippen molar-refractivity contribution in [3.05, 3.63) is 22.4 Å². The Morgan fingerprint density at radius 3 is 2.93 bits per heavy atom. The highest BCUT2D eigenvalue weighted by Gasteiger charge is 2.42. The third-order valence-corrected chi connectivity index (χ3v) is 3.88. The molecule has 0 unspecified atom stereocenters. The van der Waals surface area contributed by atoms with Crippen LogP contribution in [0.15, 0.2) is 17.5 Å². The minimum Gasteiger partial charge on any atom is -0.301 e. The van der Waals surface area contributed by atoms with E-state index in [4.69, 9.17) is 5.26 Å². The summed E-state index contributed by atoms with van der Waals surface area (Å²) in [5.41, 5.74) is 0.334. The Kier molecular flexibility index (Phi) is 3.08. The lowest BCUT2D eigenvalue weighted by Gasteiger charge is -2.21. The van der Waals surface area contributed by atoms with Crippen LogP contribution in [-0.4, -0.2) is 18.5 Å². The smallest absolute Gasteiger partial charge is 0.0628 e. The Hall–Kier alpha value is -0.850. The molecule has 0 aliphatic heterocycles. The molecule has 0 spiro atoms. The van der Waals surface area contributed by atoms with Gasteiger partial charge in [0.05, 0.1) is 6.07 Å². The first kappa shape index (κ1) is 10.7. The predicted molar refractivity (Wildman–Crippen MR) is 62.6 cm³/mol. The number of hydrogen-bond acceptors (Lipinski definition) is 3. The largest absolute Gasteiger partial charge is 0.301 e. The summed E-state index contributed by atoms with van der Waals surface area (Å²) in [6, 6.07) is 6.58. The van der Waals surface area contributed by atoms with E-state index >= 15 is 0 Å². The lowest BCUT2D eigenvalue weighted by molar-refractivity contribution is 0.259. The molecule has 0 amide bonds. The van der Waals surface area contributed by atoms with Crippen LogP contribution in [0.4, 0.5) is 0 Å². The Balaban J connectivity index is 1.83. The zero-order chi connectivity index (χ0) is 10.7. The molecule has 0 saturated heterocycles. The molecule has 0 N–H and O–H groups in total. The predicted octanol–water partition coefficient (Wildman–Crippen LogP) is 2.87. The van der Waals surface area contributed by atoms with Gasteiger partial charge in [-0.25, -0.2) is 0 Å². The standard InChI is InChI=1S/C12H16N2S/c1-14(9-11-3-2-8-15-11)10-12(4-5-12)6-7-13/h2-3,8H,4-6,9-10H2,1H3. The first-order chi connectivity index (χ1) is 7.24. The van der Waals surface area contributed by atoms with Gasteiger partial charge in [-0.05, 0) is 36.8 Å². The van der Waals surface area contributed by atoms with Crippen LogP contribution in [0.5, 0.6) is 0 Å². The molecule has 1 aromatic rings. The van der Waals surface area contributed by atoms with Gasteiger partial charge < -0.3 is 4.90 Å². The summed E-state index contributed by atoms with van der Waals surface area (Å²) in [7, 11) is 2.15. The van der Waals surface area contributed by atoms with Crippen LogP contribution in [0.3, 0.4) is 0 Å². The lowest BCUT2D eigenvalue weighted by Crippen LogP contribution is -2.25. The molecule has 0 atom stereocenters. The molecular formula is C12H16N2S. The maximum Gasteiger partial charge on any atom is 0.0628 e. The highest BCUT2D eigenvalue weighted by atomic mass is 32.1. The third-order valence-electron chi connectivity index (χ3n) is 3.02. The molecule has 15 heavy (non-hydrogen) atoms. The molecule has 3 heteroatoms. The maximum atomic E-state index is 8.74. The fourth-order valence-electron chi connectivity index (χ4n) is 2.03. The van der Waals surface area contributed by atoms with Gasteiger partial charge in [-0.3, -0.25) is 0 Å². The fourth-order valence-corrected chi connectivity index (χ4v) is 2.82. The van der Waals surface area contributed by atoms with Gasteiger partial charge in [0.15, 0.2) is 0 Å². The molecule has 0 aromatic carbocycles. The number of nitrogens with zero attached hydrogens (tertiary/aromatic N) is 2. The van der Waals surface area contributed by atoms with Crippen molar-refractivity contribution in [3.63, 3.8) is 0 Å². The van der Waals surface area contributed by atoms with E-state index in [1.165, 1.54) is 17.7 Å². The topological polar surface area (TPSA) is 27.0 Å². The molecule has 1 aliphatic rings. The van der Waals surface area contributed by atoms with Crippen LogP contribution >= 0.6 is 11.3 Å². The number of thiophene rings is 1. The zero-order valence-corrected chi connectivity index (χ0v) is 9.89. The number of rotatable bonds is 5. The summed E-state index contributed by atoms with van der Waals surface area (Å²) >= 11 is 1.80. The van der Waals surface area contributed by atoms with E-state index in [0.29, 0.717) is 5.41 Å². The van der Waals surface area contributed by atoms with Gasteiger partial charge in [-0.15, -0.1) is 11.3 Å². The van der Waals surface area contributed by atoms with Gasteiger partial charge >= 0.3 is 0 Å². The number of nitriles is 1. The van der Waals surface area contributed by atoms with E-state index < -0.39 is 0 Å². The second-order valence-electron chi connectivity index (χ2n) is 4.59. The second-order valence-corrected chi connectivity index (χ2v) is 5.62. The minimum atomic E-state index is 0.334. The zero-order valence-electron chi connectivity index (χ0n) is 9.07. The van der Waals surface area contributed by atoms with E-state index in [9.17, 15) is 0 Å². The first-order valence-electron chi connectivity index (χ1n) is 5.32. The van der Waals surface area contributed by atoms with Crippen LogP contribution in [-0.2, 0) is 6.54 Å². The summed E-state index contributed by atoms with van der Waals surface area (Å²) < 4.78 is 0. The Bertz CT molecular complexity index is 346. The van der Waals surface area contributed by atoms with Gasteiger partial charge in [0.2, 0.25) is 0 Å². The molecular weight excluding hydrogens is 204 g/mol. The van der Waals surface area contributed by atoms with Crippen molar-refractivity contribution in [2.24, 2.45) is 5.41 Å². The van der Waals surface area contributed by atoms with Crippen molar-refractivity contribution in [2.45, 2.75) is 25.8 Å². The van der Waals surface area contributed by atoms with Crippen molar-refractivity contribution in [3.8, 4) is 6.07 Å². The molecule has 1 fully saturated rings. The minimum absolute atomic E-state index is 0.334. The number of hydrogen-bond donors (Lipinski definition) is 0. The van der Waals surface area contributed by atoms with E-state index in [1.54, 1.807) is 11.3 Å². The normalized spacial score (nSPS) is 17.7. The maximum absolute atomic E-state index is 8.74. The Labute approximate surface area is 95.1 Å². The van der Waals surface area contributed by atoms with Crippen molar-refractivity contribution >= 4 is 11.3 Å². The molecule has 1 aromatic heterocycles. The van der Waals surface area contributed by atoms with Crippen LogP contribution in [0.1, 0.15) is 24.1 Å². The summed E-state index contributed by atoms with van der Waals surface area (Å²) in [6.45, 7) is 2.09. The van der Waals surface area contributed by atoms with E-state index in [2.05, 4.69) is 35.5 Å². The van der Waals surface area contributed by atoms with Crippen LogP contribution in [0.25, 0.3) is 0 Å². The Morgan fingerprint density at radius 2 is 2.40 bits per heavy atom. The van der Waals surface area contributed by atoms with Crippen molar-refractivity contribution in [1.29, 1.82) is 5.26 Å². The first-order valence-corrected chi connectivity index (χ1v) is 6.20. The van der Waals surface area contributed by atoms with Crippen molar-refractivity contribution < 1.29 is 0 Å². The fraction of sp³-hybridized carbons (Fsp3) is 0.583. The molecule has 1 heterocycles. The van der Waals surface area contributed by atoms with Crippen molar-refractivity contribution in [2.75, 3.05) is 13.6 Å².